The van der Waals surface area contributed by atoms with Gasteiger partial charge < -0.3 is 4.90 Å². The largest absolute Gasteiger partial charge is 0.369 e. The average molecular weight is 253 g/mol. The summed E-state index contributed by atoms with van der Waals surface area (Å²) in [6.07, 6.45) is 0. The number of piperazine rings is 1. The van der Waals surface area contributed by atoms with Crippen molar-refractivity contribution in [2.24, 2.45) is 0 Å². The molecule has 2 nitrogen and oxygen atoms in total. The van der Waals surface area contributed by atoms with Gasteiger partial charge in [0.25, 0.3) is 0 Å². The molecule has 0 bridgehead atoms. The highest BCUT2D eigenvalue weighted by atomic mass is 35.5. The molecule has 0 radical (unpaired) electrons. The van der Waals surface area contributed by atoms with Crippen molar-refractivity contribution in [3.8, 4) is 0 Å². The Labute approximate surface area is 109 Å². The van der Waals surface area contributed by atoms with Gasteiger partial charge >= 0.3 is 0 Å². The van der Waals surface area contributed by atoms with Crippen LogP contribution in [0.15, 0.2) is 18.2 Å². The lowest BCUT2D eigenvalue weighted by Gasteiger charge is -2.36. The minimum absolute atomic E-state index is 0.740. The first-order valence-corrected chi connectivity index (χ1v) is 6.84. The van der Waals surface area contributed by atoms with E-state index in [2.05, 4.69) is 41.8 Å². The van der Waals surface area contributed by atoms with Gasteiger partial charge in [-0.3, -0.25) is 4.90 Å². The van der Waals surface area contributed by atoms with Crippen LogP contribution in [-0.4, -0.2) is 43.5 Å². The third-order valence-corrected chi connectivity index (χ3v) is 3.65. The molecule has 0 aliphatic carbocycles. The first-order chi connectivity index (χ1) is 8.20. The highest BCUT2D eigenvalue weighted by molar-refractivity contribution is 6.18. The first-order valence-electron chi connectivity index (χ1n) is 6.31. The van der Waals surface area contributed by atoms with Gasteiger partial charge in [-0.2, -0.15) is 0 Å². The van der Waals surface area contributed by atoms with Gasteiger partial charge in [-0.1, -0.05) is 12.1 Å². The van der Waals surface area contributed by atoms with E-state index in [1.54, 1.807) is 0 Å². The topological polar surface area (TPSA) is 6.48 Å². The lowest BCUT2D eigenvalue weighted by atomic mass is 10.1. The lowest BCUT2D eigenvalue weighted by Crippen LogP contribution is -2.47. The summed E-state index contributed by atoms with van der Waals surface area (Å²) in [5.74, 6) is 0.740. The van der Waals surface area contributed by atoms with Crippen molar-refractivity contribution in [1.29, 1.82) is 0 Å². The zero-order valence-electron chi connectivity index (χ0n) is 10.7. The molecule has 0 amide bonds. The number of nitrogens with zero attached hydrogens (tertiary/aromatic N) is 2. The number of hydrogen-bond acceptors (Lipinski definition) is 2. The van der Waals surface area contributed by atoms with Gasteiger partial charge in [0.05, 0.1) is 0 Å². The van der Waals surface area contributed by atoms with Gasteiger partial charge in [-0.15, -0.1) is 11.6 Å². The predicted molar refractivity (Wildman–Crippen MR) is 75.3 cm³/mol. The SMILES string of the molecule is Cc1ccc(C)c(N2CCN(CCCl)CC2)c1. The number of aryl methyl sites for hydroxylation is 2. The molecular weight excluding hydrogens is 232 g/mol. The molecule has 0 aromatic heterocycles. The number of halogens is 1. The van der Waals surface area contributed by atoms with E-state index in [0.29, 0.717) is 0 Å². The van der Waals surface area contributed by atoms with Crippen LogP contribution in [-0.2, 0) is 0 Å². The summed E-state index contributed by atoms with van der Waals surface area (Å²) in [5.41, 5.74) is 4.12. The lowest BCUT2D eigenvalue weighted by molar-refractivity contribution is 0.272. The molecule has 3 heteroatoms. The second kappa shape index (κ2) is 5.74. The van der Waals surface area contributed by atoms with Gasteiger partial charge in [-0.05, 0) is 31.0 Å². The van der Waals surface area contributed by atoms with Crippen molar-refractivity contribution in [3.05, 3.63) is 29.3 Å². The molecule has 94 valence electrons. The molecule has 1 aliphatic rings. The van der Waals surface area contributed by atoms with E-state index in [1.165, 1.54) is 16.8 Å². The van der Waals surface area contributed by atoms with E-state index in [0.717, 1.165) is 38.6 Å². The Kier molecular flexibility index (Phi) is 4.30. The molecule has 1 aliphatic heterocycles. The van der Waals surface area contributed by atoms with Gasteiger partial charge in [0.2, 0.25) is 0 Å². The molecule has 1 fully saturated rings. The third kappa shape index (κ3) is 3.14. The Bertz CT molecular complexity index is 370. The molecule has 1 aromatic rings. The van der Waals surface area contributed by atoms with Crippen LogP contribution in [0.25, 0.3) is 0 Å². The smallest absolute Gasteiger partial charge is 0.0399 e. The molecule has 1 heterocycles. The molecule has 1 saturated heterocycles. The fourth-order valence-corrected chi connectivity index (χ4v) is 2.63. The average Bonchev–Trinajstić information content (AvgIpc) is 2.34. The maximum absolute atomic E-state index is 5.78. The molecular formula is C14H21ClN2. The predicted octanol–water partition coefficient (Wildman–Crippen LogP) is 2.66. The molecule has 17 heavy (non-hydrogen) atoms. The number of alkyl halides is 1. The molecule has 0 spiro atoms. The first kappa shape index (κ1) is 12.7. The summed E-state index contributed by atoms with van der Waals surface area (Å²) in [6, 6.07) is 6.70. The third-order valence-electron chi connectivity index (χ3n) is 3.48. The van der Waals surface area contributed by atoms with Crippen LogP contribution in [0.5, 0.6) is 0 Å². The Hall–Kier alpha value is -0.730. The zero-order chi connectivity index (χ0) is 12.3. The molecule has 0 N–H and O–H groups in total. The van der Waals surface area contributed by atoms with Gasteiger partial charge in [-0.25, -0.2) is 0 Å². The van der Waals surface area contributed by atoms with Crippen molar-refractivity contribution in [3.63, 3.8) is 0 Å². The van der Waals surface area contributed by atoms with E-state index in [1.807, 2.05) is 0 Å². The maximum atomic E-state index is 5.78. The zero-order valence-corrected chi connectivity index (χ0v) is 11.5. The fraction of sp³-hybridized carbons (Fsp3) is 0.571. The Morgan fingerprint density at radius 3 is 2.47 bits per heavy atom. The van der Waals surface area contributed by atoms with Gasteiger partial charge in [0.15, 0.2) is 0 Å². The fourth-order valence-electron chi connectivity index (χ4n) is 2.39. The minimum atomic E-state index is 0.740. The standard InChI is InChI=1S/C14H21ClN2/c1-12-3-4-13(2)14(11-12)17-9-7-16(6-5-15)8-10-17/h3-4,11H,5-10H2,1-2H3. The highest BCUT2D eigenvalue weighted by Gasteiger charge is 2.17. The van der Waals surface area contributed by atoms with Crippen molar-refractivity contribution in [2.75, 3.05) is 43.5 Å². The van der Waals surface area contributed by atoms with E-state index < -0.39 is 0 Å². The van der Waals surface area contributed by atoms with Gasteiger partial charge in [0, 0.05) is 44.3 Å². The van der Waals surface area contributed by atoms with Crippen LogP contribution in [0.3, 0.4) is 0 Å². The number of hydrogen-bond donors (Lipinski definition) is 0. The Balaban J connectivity index is 2.02. The maximum Gasteiger partial charge on any atom is 0.0399 e. The number of benzene rings is 1. The van der Waals surface area contributed by atoms with Crippen LogP contribution in [0, 0.1) is 13.8 Å². The number of rotatable bonds is 3. The second-order valence-corrected chi connectivity index (χ2v) is 5.19. The number of anilines is 1. The van der Waals surface area contributed by atoms with Gasteiger partial charge in [0.1, 0.15) is 0 Å². The summed E-state index contributed by atoms with van der Waals surface area (Å²) >= 11 is 5.78. The molecule has 0 atom stereocenters. The van der Waals surface area contributed by atoms with Crippen molar-refractivity contribution in [1.82, 2.24) is 4.90 Å². The van der Waals surface area contributed by atoms with E-state index >= 15 is 0 Å². The van der Waals surface area contributed by atoms with Crippen molar-refractivity contribution < 1.29 is 0 Å². The summed E-state index contributed by atoms with van der Waals surface area (Å²) < 4.78 is 0. The summed E-state index contributed by atoms with van der Waals surface area (Å²) in [6.45, 7) is 9.84. The van der Waals surface area contributed by atoms with Crippen LogP contribution < -0.4 is 4.90 Å². The van der Waals surface area contributed by atoms with E-state index in [9.17, 15) is 0 Å². The molecule has 0 saturated carbocycles. The van der Waals surface area contributed by atoms with Crippen LogP contribution in [0.1, 0.15) is 11.1 Å². The second-order valence-electron chi connectivity index (χ2n) is 4.81. The van der Waals surface area contributed by atoms with Crippen molar-refractivity contribution >= 4 is 17.3 Å². The Morgan fingerprint density at radius 1 is 1.12 bits per heavy atom. The van der Waals surface area contributed by atoms with Crippen LogP contribution >= 0.6 is 11.6 Å². The highest BCUT2D eigenvalue weighted by Crippen LogP contribution is 2.22. The minimum Gasteiger partial charge on any atom is -0.369 e. The Morgan fingerprint density at radius 2 is 1.82 bits per heavy atom. The van der Waals surface area contributed by atoms with Crippen LogP contribution in [0.4, 0.5) is 5.69 Å². The monoisotopic (exact) mass is 252 g/mol. The molecule has 0 unspecified atom stereocenters. The molecule has 2 rings (SSSR count). The molecule has 1 aromatic carbocycles. The van der Waals surface area contributed by atoms with E-state index in [4.69, 9.17) is 11.6 Å². The van der Waals surface area contributed by atoms with Crippen molar-refractivity contribution in [2.45, 2.75) is 13.8 Å². The quantitative estimate of drug-likeness (QED) is 0.764. The normalized spacial score (nSPS) is 17.5. The summed E-state index contributed by atoms with van der Waals surface area (Å²) in [7, 11) is 0. The van der Waals surface area contributed by atoms with E-state index in [-0.39, 0.29) is 0 Å². The summed E-state index contributed by atoms with van der Waals surface area (Å²) in [5, 5.41) is 0. The summed E-state index contributed by atoms with van der Waals surface area (Å²) in [4.78, 5) is 4.93. The van der Waals surface area contributed by atoms with Crippen LogP contribution in [0.2, 0.25) is 0 Å².